The highest BCUT2D eigenvalue weighted by molar-refractivity contribution is 5.87. The number of ketones is 1. The lowest BCUT2D eigenvalue weighted by atomic mass is 9.48. The molecule has 6 atom stereocenters. The SMILES string of the molecule is C[C@]12CC[C@H](OC(=O)CCc3ccccc3)CC1=CC[C@@H]1[C@@H]2CC[C@]2(C)C(=O)CC[C@@H]12. The van der Waals surface area contributed by atoms with Crippen LogP contribution in [0.5, 0.6) is 0 Å². The van der Waals surface area contributed by atoms with Gasteiger partial charge in [-0.2, -0.15) is 0 Å². The van der Waals surface area contributed by atoms with Crippen molar-refractivity contribution in [3.63, 3.8) is 0 Å². The normalized spacial score (nSPS) is 39.2. The van der Waals surface area contributed by atoms with E-state index in [1.54, 1.807) is 0 Å². The van der Waals surface area contributed by atoms with Crippen LogP contribution < -0.4 is 0 Å². The first-order valence-electron chi connectivity index (χ1n) is 12.4. The minimum atomic E-state index is -0.0651. The molecule has 3 saturated carbocycles. The Labute approximate surface area is 186 Å². The first-order valence-corrected chi connectivity index (χ1v) is 12.4. The zero-order valence-electron chi connectivity index (χ0n) is 19.1. The van der Waals surface area contributed by atoms with E-state index in [0.29, 0.717) is 30.0 Å². The molecule has 0 aliphatic heterocycles. The van der Waals surface area contributed by atoms with Crippen molar-refractivity contribution >= 4 is 11.8 Å². The van der Waals surface area contributed by atoms with Crippen molar-refractivity contribution in [2.75, 3.05) is 0 Å². The van der Waals surface area contributed by atoms with E-state index < -0.39 is 0 Å². The first-order chi connectivity index (χ1) is 14.9. The van der Waals surface area contributed by atoms with E-state index in [4.69, 9.17) is 4.74 Å². The van der Waals surface area contributed by atoms with Crippen molar-refractivity contribution in [1.29, 1.82) is 0 Å². The third-order valence-electron chi connectivity index (χ3n) is 9.53. The van der Waals surface area contributed by atoms with Crippen LogP contribution in [0.3, 0.4) is 0 Å². The molecule has 5 rings (SSSR count). The second-order valence-corrected chi connectivity index (χ2v) is 11.0. The molecule has 0 bridgehead atoms. The molecule has 3 fully saturated rings. The monoisotopic (exact) mass is 420 g/mol. The number of fused-ring (bicyclic) bond motifs is 5. The smallest absolute Gasteiger partial charge is 0.306 e. The van der Waals surface area contributed by atoms with Gasteiger partial charge in [-0.15, -0.1) is 0 Å². The van der Waals surface area contributed by atoms with Gasteiger partial charge in [0.25, 0.3) is 0 Å². The Hall–Kier alpha value is -1.90. The summed E-state index contributed by atoms with van der Waals surface area (Å²) in [6, 6.07) is 10.2. The molecule has 1 aromatic carbocycles. The number of ether oxygens (including phenoxy) is 1. The van der Waals surface area contributed by atoms with Gasteiger partial charge in [0.15, 0.2) is 0 Å². The lowest BCUT2D eigenvalue weighted by molar-refractivity contribution is -0.151. The maximum Gasteiger partial charge on any atom is 0.306 e. The maximum absolute atomic E-state index is 12.6. The summed E-state index contributed by atoms with van der Waals surface area (Å²) in [5.74, 6) is 2.36. The molecule has 1 aromatic rings. The van der Waals surface area contributed by atoms with E-state index in [1.807, 2.05) is 18.2 Å². The number of hydrogen-bond acceptors (Lipinski definition) is 3. The molecule has 3 nitrogen and oxygen atoms in total. The van der Waals surface area contributed by atoms with Crippen LogP contribution in [-0.4, -0.2) is 17.9 Å². The largest absolute Gasteiger partial charge is 0.462 e. The van der Waals surface area contributed by atoms with Crippen molar-refractivity contribution in [2.45, 2.75) is 84.2 Å². The van der Waals surface area contributed by atoms with Gasteiger partial charge in [-0.1, -0.05) is 55.8 Å². The van der Waals surface area contributed by atoms with E-state index >= 15 is 0 Å². The molecular formula is C28H36O3. The summed E-state index contributed by atoms with van der Waals surface area (Å²) in [5.41, 5.74) is 2.87. The van der Waals surface area contributed by atoms with E-state index in [0.717, 1.165) is 51.4 Å². The number of rotatable bonds is 4. The Morgan fingerprint density at radius 1 is 1.03 bits per heavy atom. The quantitative estimate of drug-likeness (QED) is 0.439. The minimum Gasteiger partial charge on any atom is -0.462 e. The van der Waals surface area contributed by atoms with Gasteiger partial charge in [0, 0.05) is 24.7 Å². The number of esters is 1. The van der Waals surface area contributed by atoms with Gasteiger partial charge in [-0.25, -0.2) is 0 Å². The summed E-state index contributed by atoms with van der Waals surface area (Å²) < 4.78 is 5.92. The molecular weight excluding hydrogens is 384 g/mol. The van der Waals surface area contributed by atoms with Crippen LogP contribution in [0.2, 0.25) is 0 Å². The summed E-state index contributed by atoms with van der Waals surface area (Å²) in [6.45, 7) is 4.71. The third-order valence-corrected chi connectivity index (χ3v) is 9.53. The molecule has 4 aliphatic rings. The summed E-state index contributed by atoms with van der Waals surface area (Å²) in [4.78, 5) is 25.1. The van der Waals surface area contributed by atoms with E-state index in [2.05, 4.69) is 32.1 Å². The number of benzene rings is 1. The average Bonchev–Trinajstić information content (AvgIpc) is 3.08. The second kappa shape index (κ2) is 7.90. The highest BCUT2D eigenvalue weighted by Gasteiger charge is 2.58. The molecule has 0 amide bonds. The zero-order valence-corrected chi connectivity index (χ0v) is 19.1. The van der Waals surface area contributed by atoms with E-state index in [9.17, 15) is 9.59 Å². The van der Waals surface area contributed by atoms with Crippen LogP contribution in [0.4, 0.5) is 0 Å². The minimum absolute atomic E-state index is 0.0288. The third kappa shape index (κ3) is 3.58. The van der Waals surface area contributed by atoms with Crippen molar-refractivity contribution in [1.82, 2.24) is 0 Å². The Bertz CT molecular complexity index is 887. The predicted octanol–water partition coefficient (Wildman–Crippen LogP) is 6.06. The van der Waals surface area contributed by atoms with Gasteiger partial charge in [0.05, 0.1) is 0 Å². The van der Waals surface area contributed by atoms with Gasteiger partial charge < -0.3 is 4.74 Å². The lowest BCUT2D eigenvalue weighted by Gasteiger charge is -2.56. The Balaban J connectivity index is 1.23. The fraction of sp³-hybridized carbons (Fsp3) is 0.643. The summed E-state index contributed by atoms with van der Waals surface area (Å²) >= 11 is 0. The lowest BCUT2D eigenvalue weighted by Crippen LogP contribution is -2.50. The zero-order chi connectivity index (χ0) is 21.6. The number of hydrogen-bond donors (Lipinski definition) is 0. The molecule has 0 N–H and O–H groups in total. The summed E-state index contributed by atoms with van der Waals surface area (Å²) in [7, 11) is 0. The van der Waals surface area contributed by atoms with Crippen LogP contribution in [0.25, 0.3) is 0 Å². The number of Topliss-reactive ketones (excluding diaryl/α,β-unsaturated/α-hetero) is 1. The molecule has 166 valence electrons. The number of aryl methyl sites for hydroxylation is 1. The Kier molecular flexibility index (Phi) is 5.35. The first kappa shape index (κ1) is 21.0. The van der Waals surface area contributed by atoms with Crippen molar-refractivity contribution in [3.8, 4) is 0 Å². The number of carbonyl (C=O) groups is 2. The van der Waals surface area contributed by atoms with Crippen molar-refractivity contribution < 1.29 is 14.3 Å². The molecule has 3 heteroatoms. The van der Waals surface area contributed by atoms with Crippen LogP contribution in [0.1, 0.15) is 77.2 Å². The van der Waals surface area contributed by atoms with Gasteiger partial charge in [0.2, 0.25) is 0 Å². The molecule has 31 heavy (non-hydrogen) atoms. The van der Waals surface area contributed by atoms with Crippen LogP contribution >= 0.6 is 0 Å². The molecule has 0 heterocycles. The van der Waals surface area contributed by atoms with Crippen molar-refractivity contribution in [3.05, 3.63) is 47.5 Å². The highest BCUT2D eigenvalue weighted by atomic mass is 16.5. The van der Waals surface area contributed by atoms with Gasteiger partial charge in [-0.3, -0.25) is 9.59 Å². The molecule has 0 unspecified atom stereocenters. The fourth-order valence-corrected chi connectivity index (χ4v) is 7.64. The predicted molar refractivity (Wildman–Crippen MR) is 121 cm³/mol. The number of allylic oxidation sites excluding steroid dienone is 1. The Morgan fingerprint density at radius 2 is 1.77 bits per heavy atom. The summed E-state index contributed by atoms with van der Waals surface area (Å²) in [6.07, 6.45) is 11.9. The maximum atomic E-state index is 12.6. The molecule has 0 radical (unpaired) electrons. The van der Waals surface area contributed by atoms with Crippen LogP contribution in [0.15, 0.2) is 42.0 Å². The van der Waals surface area contributed by atoms with E-state index in [-0.39, 0.29) is 22.9 Å². The molecule has 0 saturated heterocycles. The van der Waals surface area contributed by atoms with Crippen molar-refractivity contribution in [2.24, 2.45) is 28.6 Å². The fourth-order valence-electron chi connectivity index (χ4n) is 7.64. The second-order valence-electron chi connectivity index (χ2n) is 11.0. The topological polar surface area (TPSA) is 43.4 Å². The Morgan fingerprint density at radius 3 is 2.58 bits per heavy atom. The van der Waals surface area contributed by atoms with Gasteiger partial charge >= 0.3 is 5.97 Å². The van der Waals surface area contributed by atoms with Gasteiger partial charge in [-0.05, 0) is 73.7 Å². The standard InChI is InChI=1S/C28H36O3/c1-27-16-14-21(31-26(30)13-8-19-6-4-3-5-7-19)18-20(27)9-10-22-23-11-12-25(29)28(23,2)17-15-24(22)27/h3-7,9,21-24H,8,10-18H2,1-2H3/t21-,22-,23-,24-,27-,28-/m0/s1. The van der Waals surface area contributed by atoms with E-state index in [1.165, 1.54) is 17.6 Å². The average molecular weight is 421 g/mol. The highest BCUT2D eigenvalue weighted by Crippen LogP contribution is 2.64. The summed E-state index contributed by atoms with van der Waals surface area (Å²) in [5, 5.41) is 0. The van der Waals surface area contributed by atoms with Crippen LogP contribution in [-0.2, 0) is 20.7 Å². The molecule has 0 aromatic heterocycles. The number of carbonyl (C=O) groups excluding carboxylic acids is 2. The van der Waals surface area contributed by atoms with Gasteiger partial charge in [0.1, 0.15) is 11.9 Å². The van der Waals surface area contributed by atoms with Crippen LogP contribution in [0, 0.1) is 28.6 Å². The molecule has 4 aliphatic carbocycles. The molecule has 0 spiro atoms.